The summed E-state index contributed by atoms with van der Waals surface area (Å²) in [6, 6.07) is 7.33. The molecule has 0 spiro atoms. The van der Waals surface area contributed by atoms with Gasteiger partial charge in [0.05, 0.1) is 5.02 Å². The van der Waals surface area contributed by atoms with Crippen LogP contribution in [0, 0.1) is 6.92 Å². The molecule has 0 aliphatic rings. The summed E-state index contributed by atoms with van der Waals surface area (Å²) in [6.45, 7) is 4.03. The molecule has 0 aliphatic carbocycles. The first-order valence-corrected chi connectivity index (χ1v) is 7.15. The van der Waals surface area contributed by atoms with Crippen LogP contribution < -0.4 is 0 Å². The van der Waals surface area contributed by atoms with E-state index in [0.29, 0.717) is 17.1 Å². The van der Waals surface area contributed by atoms with E-state index in [4.69, 9.17) is 11.6 Å². The van der Waals surface area contributed by atoms with Crippen LogP contribution in [0.3, 0.4) is 0 Å². The Morgan fingerprint density at radius 1 is 1.33 bits per heavy atom. The fourth-order valence-corrected chi connectivity index (χ4v) is 2.14. The largest absolute Gasteiger partial charge is 0.337 e. The van der Waals surface area contributed by atoms with Crippen molar-refractivity contribution in [1.29, 1.82) is 0 Å². The second kappa shape index (κ2) is 6.68. The van der Waals surface area contributed by atoms with Gasteiger partial charge in [0.2, 0.25) is 0 Å². The fourth-order valence-electron chi connectivity index (χ4n) is 2.03. The van der Waals surface area contributed by atoms with Crippen molar-refractivity contribution in [3.8, 4) is 0 Å². The van der Waals surface area contributed by atoms with Crippen LogP contribution in [-0.4, -0.2) is 33.9 Å². The van der Waals surface area contributed by atoms with Crippen molar-refractivity contribution in [3.05, 3.63) is 58.6 Å². The van der Waals surface area contributed by atoms with Crippen LogP contribution in [0.5, 0.6) is 0 Å². The number of amides is 1. The van der Waals surface area contributed by atoms with Gasteiger partial charge >= 0.3 is 0 Å². The van der Waals surface area contributed by atoms with Crippen molar-refractivity contribution in [1.82, 2.24) is 14.9 Å². The van der Waals surface area contributed by atoms with Crippen LogP contribution in [0.2, 0.25) is 5.02 Å². The van der Waals surface area contributed by atoms with E-state index in [1.807, 2.05) is 26.0 Å². The van der Waals surface area contributed by atoms with Gasteiger partial charge in [-0.1, -0.05) is 11.6 Å². The van der Waals surface area contributed by atoms with Crippen LogP contribution in [0.4, 0.5) is 0 Å². The summed E-state index contributed by atoms with van der Waals surface area (Å²) in [5, 5.41) is 0.520. The van der Waals surface area contributed by atoms with E-state index >= 15 is 0 Å². The van der Waals surface area contributed by atoms with Crippen LogP contribution in [0.25, 0.3) is 0 Å². The molecular weight excluding hydrogens is 286 g/mol. The van der Waals surface area contributed by atoms with E-state index in [2.05, 4.69) is 9.97 Å². The zero-order chi connectivity index (χ0) is 15.4. The van der Waals surface area contributed by atoms with Crippen molar-refractivity contribution < 1.29 is 4.79 Å². The van der Waals surface area contributed by atoms with Gasteiger partial charge in [-0.3, -0.25) is 9.78 Å². The Bertz CT molecular complexity index is 628. The molecule has 2 heterocycles. The highest BCUT2D eigenvalue weighted by Gasteiger charge is 2.19. The maximum Gasteiger partial charge on any atom is 0.272 e. The third-order valence-corrected chi connectivity index (χ3v) is 3.63. The van der Waals surface area contributed by atoms with Gasteiger partial charge < -0.3 is 4.90 Å². The van der Waals surface area contributed by atoms with Gasteiger partial charge in [-0.2, -0.15) is 0 Å². The molecular formula is C16H18ClN3O. The predicted molar refractivity (Wildman–Crippen MR) is 83.5 cm³/mol. The van der Waals surface area contributed by atoms with Gasteiger partial charge in [-0.25, -0.2) is 4.98 Å². The number of hydrogen-bond acceptors (Lipinski definition) is 3. The second-order valence-electron chi connectivity index (χ2n) is 5.16. The Labute approximate surface area is 129 Å². The zero-order valence-corrected chi connectivity index (χ0v) is 13.1. The number of carbonyl (C=O) groups excluding carboxylic acids is 1. The number of aryl methyl sites for hydroxylation is 1. The number of aromatic nitrogens is 2. The lowest BCUT2D eigenvalue weighted by Gasteiger charge is -2.24. The summed E-state index contributed by atoms with van der Waals surface area (Å²) in [4.78, 5) is 22.4. The highest BCUT2D eigenvalue weighted by Crippen LogP contribution is 2.12. The summed E-state index contributed by atoms with van der Waals surface area (Å²) < 4.78 is 0. The van der Waals surface area contributed by atoms with Gasteiger partial charge in [0.15, 0.2) is 0 Å². The normalized spacial score (nSPS) is 12.0. The summed E-state index contributed by atoms with van der Waals surface area (Å²) in [5.41, 5.74) is 2.54. The third kappa shape index (κ3) is 4.02. The summed E-state index contributed by atoms with van der Waals surface area (Å²) in [5.74, 6) is -0.119. The van der Waals surface area contributed by atoms with Gasteiger partial charge in [0.25, 0.3) is 5.91 Å². The average molecular weight is 304 g/mol. The lowest BCUT2D eigenvalue weighted by molar-refractivity contribution is 0.0737. The molecule has 2 aromatic heterocycles. The summed E-state index contributed by atoms with van der Waals surface area (Å²) in [6.07, 6.45) is 3.98. The first-order chi connectivity index (χ1) is 9.97. The molecule has 0 saturated heterocycles. The average Bonchev–Trinajstić information content (AvgIpc) is 2.46. The number of nitrogens with zero attached hydrogens (tertiary/aromatic N) is 3. The van der Waals surface area contributed by atoms with E-state index in [1.165, 1.54) is 11.8 Å². The monoisotopic (exact) mass is 303 g/mol. The Balaban J connectivity index is 2.06. The van der Waals surface area contributed by atoms with Crippen LogP contribution in [0.15, 0.2) is 36.7 Å². The summed E-state index contributed by atoms with van der Waals surface area (Å²) >= 11 is 5.78. The van der Waals surface area contributed by atoms with Crippen molar-refractivity contribution in [2.45, 2.75) is 26.3 Å². The lowest BCUT2D eigenvalue weighted by atomic mass is 10.1. The lowest BCUT2D eigenvalue weighted by Crippen LogP contribution is -2.37. The van der Waals surface area contributed by atoms with E-state index in [9.17, 15) is 4.79 Å². The SMILES string of the molecule is Cc1ccnc(C[C@H](C)N(C)C(=O)c2ccc(Cl)cn2)c1. The molecule has 4 nitrogen and oxygen atoms in total. The van der Waals surface area contributed by atoms with Gasteiger partial charge in [-0.15, -0.1) is 0 Å². The summed E-state index contributed by atoms with van der Waals surface area (Å²) in [7, 11) is 1.78. The molecule has 0 unspecified atom stereocenters. The van der Waals surface area contributed by atoms with Crippen molar-refractivity contribution in [3.63, 3.8) is 0 Å². The zero-order valence-electron chi connectivity index (χ0n) is 12.4. The molecule has 5 heteroatoms. The highest BCUT2D eigenvalue weighted by atomic mass is 35.5. The number of halogens is 1. The molecule has 110 valence electrons. The first kappa shape index (κ1) is 15.4. The Morgan fingerprint density at radius 3 is 2.71 bits per heavy atom. The van der Waals surface area contributed by atoms with Crippen molar-refractivity contribution >= 4 is 17.5 Å². The molecule has 21 heavy (non-hydrogen) atoms. The number of hydrogen-bond donors (Lipinski definition) is 0. The van der Waals surface area contributed by atoms with E-state index in [1.54, 1.807) is 30.3 Å². The second-order valence-corrected chi connectivity index (χ2v) is 5.59. The molecule has 0 saturated carbocycles. The van der Waals surface area contributed by atoms with E-state index in [-0.39, 0.29) is 11.9 Å². The standard InChI is InChI=1S/C16H18ClN3O/c1-11-6-7-18-14(8-11)9-12(2)20(3)16(21)15-5-4-13(17)10-19-15/h4-8,10,12H,9H2,1-3H3/t12-/m0/s1. The molecule has 0 bridgehead atoms. The highest BCUT2D eigenvalue weighted by molar-refractivity contribution is 6.30. The van der Waals surface area contributed by atoms with Crippen molar-refractivity contribution in [2.24, 2.45) is 0 Å². The molecule has 1 atom stereocenters. The third-order valence-electron chi connectivity index (χ3n) is 3.40. The maximum atomic E-state index is 12.4. The molecule has 1 amide bonds. The Hall–Kier alpha value is -1.94. The quantitative estimate of drug-likeness (QED) is 0.871. The van der Waals surface area contributed by atoms with Crippen molar-refractivity contribution in [2.75, 3.05) is 7.05 Å². The Morgan fingerprint density at radius 2 is 2.10 bits per heavy atom. The maximum absolute atomic E-state index is 12.4. The molecule has 2 rings (SSSR count). The topological polar surface area (TPSA) is 46.1 Å². The number of rotatable bonds is 4. The minimum Gasteiger partial charge on any atom is -0.337 e. The van der Waals surface area contributed by atoms with Gasteiger partial charge in [-0.05, 0) is 43.7 Å². The van der Waals surface area contributed by atoms with E-state index < -0.39 is 0 Å². The van der Waals surface area contributed by atoms with Gasteiger partial charge in [0.1, 0.15) is 5.69 Å². The molecule has 0 aromatic carbocycles. The van der Waals surface area contributed by atoms with Crippen LogP contribution >= 0.6 is 11.6 Å². The molecule has 0 N–H and O–H groups in total. The number of carbonyl (C=O) groups is 1. The number of likely N-dealkylation sites (N-methyl/N-ethyl adjacent to an activating group) is 1. The minimum absolute atomic E-state index is 0.0317. The minimum atomic E-state index is -0.119. The van der Waals surface area contributed by atoms with Crippen LogP contribution in [-0.2, 0) is 6.42 Å². The molecule has 0 radical (unpaired) electrons. The molecule has 0 aliphatic heterocycles. The smallest absolute Gasteiger partial charge is 0.272 e. The molecule has 0 fully saturated rings. The Kier molecular flexibility index (Phi) is 4.91. The number of pyridine rings is 2. The predicted octanol–water partition coefficient (Wildman–Crippen LogP) is 3.14. The fraction of sp³-hybridized carbons (Fsp3) is 0.312. The van der Waals surface area contributed by atoms with Crippen LogP contribution in [0.1, 0.15) is 28.7 Å². The first-order valence-electron chi connectivity index (χ1n) is 6.77. The van der Waals surface area contributed by atoms with Gasteiger partial charge in [0, 0.05) is 37.6 Å². The molecule has 2 aromatic rings. The van der Waals surface area contributed by atoms with E-state index in [0.717, 1.165) is 5.69 Å².